The smallest absolute Gasteiger partial charge is 0.257 e. The SMILES string of the molecule is COc1ccccc1C(=O)N1CCc2nc(N3CCN(C4CCCCC4)CC3)nc(N(C)C)c2C1. The average molecular weight is 479 g/mol. The van der Waals surface area contributed by atoms with Crippen LogP contribution in [0.4, 0.5) is 11.8 Å². The number of rotatable bonds is 5. The lowest BCUT2D eigenvalue weighted by atomic mass is 9.94. The van der Waals surface area contributed by atoms with Crippen molar-refractivity contribution in [3.63, 3.8) is 0 Å². The number of para-hydroxylation sites is 1. The fourth-order valence-corrected chi connectivity index (χ4v) is 5.79. The van der Waals surface area contributed by atoms with E-state index in [0.717, 1.165) is 61.7 Å². The van der Waals surface area contributed by atoms with Crippen LogP contribution in [0.15, 0.2) is 24.3 Å². The highest BCUT2D eigenvalue weighted by molar-refractivity contribution is 5.97. The molecule has 1 aromatic heterocycles. The van der Waals surface area contributed by atoms with Crippen molar-refractivity contribution in [2.45, 2.75) is 51.1 Å². The van der Waals surface area contributed by atoms with Gasteiger partial charge in [-0.25, -0.2) is 4.98 Å². The van der Waals surface area contributed by atoms with E-state index in [1.165, 1.54) is 32.1 Å². The number of nitrogens with zero attached hydrogens (tertiary/aromatic N) is 6. The van der Waals surface area contributed by atoms with Crippen molar-refractivity contribution < 1.29 is 9.53 Å². The van der Waals surface area contributed by atoms with E-state index < -0.39 is 0 Å². The zero-order valence-electron chi connectivity index (χ0n) is 21.4. The highest BCUT2D eigenvalue weighted by Crippen LogP contribution is 2.31. The first kappa shape index (κ1) is 23.9. The summed E-state index contributed by atoms with van der Waals surface area (Å²) in [6.45, 7) is 5.27. The van der Waals surface area contributed by atoms with E-state index in [4.69, 9.17) is 14.7 Å². The van der Waals surface area contributed by atoms with Gasteiger partial charge in [-0.2, -0.15) is 4.98 Å². The van der Waals surface area contributed by atoms with Crippen molar-refractivity contribution >= 4 is 17.7 Å². The Labute approximate surface area is 208 Å². The lowest BCUT2D eigenvalue weighted by Crippen LogP contribution is -2.51. The molecule has 1 amide bonds. The monoisotopic (exact) mass is 478 g/mol. The van der Waals surface area contributed by atoms with Crippen molar-refractivity contribution in [2.75, 3.05) is 63.7 Å². The Hall–Kier alpha value is -2.87. The summed E-state index contributed by atoms with van der Waals surface area (Å²) < 4.78 is 5.43. The minimum Gasteiger partial charge on any atom is -0.496 e. The van der Waals surface area contributed by atoms with Gasteiger partial charge in [-0.1, -0.05) is 31.4 Å². The van der Waals surface area contributed by atoms with Gasteiger partial charge in [-0.05, 0) is 25.0 Å². The number of aromatic nitrogens is 2. The van der Waals surface area contributed by atoms with E-state index >= 15 is 0 Å². The number of hydrogen-bond donors (Lipinski definition) is 0. The summed E-state index contributed by atoms with van der Waals surface area (Å²) in [5.41, 5.74) is 2.71. The van der Waals surface area contributed by atoms with Gasteiger partial charge in [0.05, 0.1) is 24.9 Å². The van der Waals surface area contributed by atoms with E-state index in [0.29, 0.717) is 24.4 Å². The van der Waals surface area contributed by atoms with Crippen LogP contribution in [-0.2, 0) is 13.0 Å². The maximum atomic E-state index is 13.3. The number of methoxy groups -OCH3 is 1. The molecule has 8 heteroatoms. The summed E-state index contributed by atoms with van der Waals surface area (Å²) in [7, 11) is 5.65. The quantitative estimate of drug-likeness (QED) is 0.654. The van der Waals surface area contributed by atoms with E-state index in [1.54, 1.807) is 7.11 Å². The fraction of sp³-hybridized carbons (Fsp3) is 0.593. The van der Waals surface area contributed by atoms with E-state index in [2.05, 4.69) is 14.7 Å². The Morgan fingerprint density at radius 2 is 1.74 bits per heavy atom. The summed E-state index contributed by atoms with van der Waals surface area (Å²) in [4.78, 5) is 32.3. The predicted molar refractivity (Wildman–Crippen MR) is 138 cm³/mol. The van der Waals surface area contributed by atoms with Gasteiger partial charge in [0.15, 0.2) is 0 Å². The van der Waals surface area contributed by atoms with Gasteiger partial charge in [-0.15, -0.1) is 0 Å². The first-order valence-corrected chi connectivity index (χ1v) is 13.0. The van der Waals surface area contributed by atoms with E-state index in [1.807, 2.05) is 43.3 Å². The number of anilines is 2. The molecule has 3 aliphatic rings. The van der Waals surface area contributed by atoms with Gasteiger partial charge in [0.1, 0.15) is 11.6 Å². The van der Waals surface area contributed by atoms with Crippen LogP contribution in [-0.4, -0.2) is 85.6 Å². The molecule has 0 atom stereocenters. The van der Waals surface area contributed by atoms with Crippen molar-refractivity contribution in [1.82, 2.24) is 19.8 Å². The average Bonchev–Trinajstić information content (AvgIpc) is 2.92. The molecule has 0 bridgehead atoms. The highest BCUT2D eigenvalue weighted by Gasteiger charge is 2.30. The minimum atomic E-state index is -0.0132. The Balaban J connectivity index is 1.33. The molecule has 35 heavy (non-hydrogen) atoms. The molecule has 0 spiro atoms. The third-order valence-corrected chi connectivity index (χ3v) is 7.76. The lowest BCUT2D eigenvalue weighted by molar-refractivity contribution is 0.0730. The summed E-state index contributed by atoms with van der Waals surface area (Å²) in [6.07, 6.45) is 7.58. The highest BCUT2D eigenvalue weighted by atomic mass is 16.5. The summed E-state index contributed by atoms with van der Waals surface area (Å²) in [5.74, 6) is 2.34. The zero-order valence-corrected chi connectivity index (χ0v) is 21.4. The number of carbonyl (C=O) groups is 1. The van der Waals surface area contributed by atoms with Crippen LogP contribution < -0.4 is 14.5 Å². The molecule has 2 fully saturated rings. The Morgan fingerprint density at radius 1 is 1.00 bits per heavy atom. The number of amides is 1. The van der Waals surface area contributed by atoms with Crippen LogP contribution in [0.3, 0.4) is 0 Å². The Bertz CT molecular complexity index is 1040. The fourth-order valence-electron chi connectivity index (χ4n) is 5.79. The maximum Gasteiger partial charge on any atom is 0.257 e. The number of fused-ring (bicyclic) bond motifs is 1. The Morgan fingerprint density at radius 3 is 2.46 bits per heavy atom. The number of carbonyl (C=O) groups excluding carboxylic acids is 1. The van der Waals surface area contributed by atoms with Crippen LogP contribution in [0.2, 0.25) is 0 Å². The third-order valence-electron chi connectivity index (χ3n) is 7.76. The molecule has 2 aromatic rings. The van der Waals surface area contributed by atoms with Gasteiger partial charge < -0.3 is 19.4 Å². The number of hydrogen-bond acceptors (Lipinski definition) is 7. The molecule has 2 aliphatic heterocycles. The molecule has 1 aromatic carbocycles. The second kappa shape index (κ2) is 10.4. The van der Waals surface area contributed by atoms with Crippen molar-refractivity contribution in [2.24, 2.45) is 0 Å². The van der Waals surface area contributed by atoms with Crippen LogP contribution >= 0.6 is 0 Å². The molecule has 0 unspecified atom stereocenters. The molecule has 1 aliphatic carbocycles. The van der Waals surface area contributed by atoms with Gasteiger partial charge in [0.25, 0.3) is 5.91 Å². The molecule has 8 nitrogen and oxygen atoms in total. The molecule has 0 N–H and O–H groups in total. The first-order valence-electron chi connectivity index (χ1n) is 13.0. The topological polar surface area (TPSA) is 65.0 Å². The molecule has 1 saturated carbocycles. The van der Waals surface area contributed by atoms with E-state index in [9.17, 15) is 4.79 Å². The third kappa shape index (κ3) is 4.94. The van der Waals surface area contributed by atoms with Crippen LogP contribution in [0.1, 0.15) is 53.7 Å². The number of benzene rings is 1. The molecule has 5 rings (SSSR count). The lowest BCUT2D eigenvalue weighted by Gasteiger charge is -2.41. The van der Waals surface area contributed by atoms with E-state index in [-0.39, 0.29) is 5.91 Å². The van der Waals surface area contributed by atoms with Crippen LogP contribution in [0.25, 0.3) is 0 Å². The van der Waals surface area contributed by atoms with Crippen LogP contribution in [0, 0.1) is 0 Å². The van der Waals surface area contributed by atoms with Gasteiger partial charge in [0.2, 0.25) is 5.95 Å². The molecular weight excluding hydrogens is 440 g/mol. The molecular formula is C27H38N6O2. The first-order chi connectivity index (χ1) is 17.0. The van der Waals surface area contributed by atoms with Crippen molar-refractivity contribution in [3.05, 3.63) is 41.1 Å². The second-order valence-corrected chi connectivity index (χ2v) is 10.2. The minimum absolute atomic E-state index is 0.0132. The normalized spacial score (nSPS) is 19.4. The largest absolute Gasteiger partial charge is 0.496 e. The summed E-state index contributed by atoms with van der Waals surface area (Å²) in [6, 6.07) is 8.19. The van der Waals surface area contributed by atoms with Gasteiger partial charge in [0, 0.05) is 64.8 Å². The van der Waals surface area contributed by atoms with Crippen LogP contribution in [0.5, 0.6) is 5.75 Å². The van der Waals surface area contributed by atoms with Crippen molar-refractivity contribution in [3.8, 4) is 5.75 Å². The molecule has 188 valence electrons. The summed E-state index contributed by atoms with van der Waals surface area (Å²) in [5, 5.41) is 0. The molecule has 1 saturated heterocycles. The maximum absolute atomic E-state index is 13.3. The predicted octanol–water partition coefficient (Wildman–Crippen LogP) is 3.20. The summed E-state index contributed by atoms with van der Waals surface area (Å²) >= 11 is 0. The van der Waals surface area contributed by atoms with Crippen molar-refractivity contribution in [1.29, 1.82) is 0 Å². The molecule has 0 radical (unpaired) electrons. The second-order valence-electron chi connectivity index (χ2n) is 10.2. The number of piperazine rings is 1. The van der Waals surface area contributed by atoms with Gasteiger partial charge in [-0.3, -0.25) is 9.69 Å². The number of ether oxygens (including phenoxy) is 1. The molecule has 3 heterocycles. The van der Waals surface area contributed by atoms with Gasteiger partial charge >= 0.3 is 0 Å². The standard InChI is InChI=1S/C27H38N6O2/c1-30(2)25-22-19-33(26(34)21-11-7-8-12-24(21)35-3)14-13-23(22)28-27(29-25)32-17-15-31(16-18-32)20-9-5-4-6-10-20/h7-8,11-12,20H,4-6,9-10,13-19H2,1-3H3. The zero-order chi connectivity index (χ0) is 24.4. The Kier molecular flexibility index (Phi) is 7.09.